The summed E-state index contributed by atoms with van der Waals surface area (Å²) in [6, 6.07) is 5.37. The summed E-state index contributed by atoms with van der Waals surface area (Å²) >= 11 is 12.2. The standard InChI is InChI=1S/C13H13Cl2N3/c1-8-6-17-13(18-7-8)12(16-2)9-4-3-5-10(14)11(9)15/h3-7,12,16H,1-2H3. The second kappa shape index (κ2) is 5.65. The number of nitrogens with zero attached hydrogens (tertiary/aromatic N) is 2. The largest absolute Gasteiger partial charge is 0.307 e. The van der Waals surface area contributed by atoms with Crippen LogP contribution in [0, 0.1) is 6.92 Å². The first kappa shape index (κ1) is 13.3. The predicted molar refractivity (Wildman–Crippen MR) is 74.1 cm³/mol. The van der Waals surface area contributed by atoms with E-state index in [-0.39, 0.29) is 6.04 Å². The summed E-state index contributed by atoms with van der Waals surface area (Å²) in [6.45, 7) is 1.95. The number of aryl methyl sites for hydroxylation is 1. The molecule has 0 aliphatic rings. The van der Waals surface area contributed by atoms with Gasteiger partial charge < -0.3 is 5.32 Å². The van der Waals surface area contributed by atoms with E-state index >= 15 is 0 Å². The molecule has 0 saturated heterocycles. The first-order chi connectivity index (χ1) is 8.63. The fourth-order valence-electron chi connectivity index (χ4n) is 1.72. The number of aromatic nitrogens is 2. The van der Waals surface area contributed by atoms with Gasteiger partial charge in [-0.1, -0.05) is 35.3 Å². The van der Waals surface area contributed by atoms with E-state index in [1.165, 1.54) is 0 Å². The molecule has 1 atom stereocenters. The number of hydrogen-bond acceptors (Lipinski definition) is 3. The maximum Gasteiger partial charge on any atom is 0.149 e. The highest BCUT2D eigenvalue weighted by Gasteiger charge is 2.18. The van der Waals surface area contributed by atoms with Crippen molar-refractivity contribution in [3.63, 3.8) is 0 Å². The lowest BCUT2D eigenvalue weighted by molar-refractivity contribution is 0.645. The third-order valence-electron chi connectivity index (χ3n) is 2.64. The van der Waals surface area contributed by atoms with Crippen molar-refractivity contribution in [3.05, 3.63) is 57.6 Å². The quantitative estimate of drug-likeness (QED) is 0.937. The molecule has 1 heterocycles. The zero-order valence-electron chi connectivity index (χ0n) is 10.1. The van der Waals surface area contributed by atoms with Gasteiger partial charge >= 0.3 is 0 Å². The molecule has 0 saturated carbocycles. The van der Waals surface area contributed by atoms with Crippen molar-refractivity contribution in [2.75, 3.05) is 7.05 Å². The molecular weight excluding hydrogens is 269 g/mol. The Morgan fingerprint density at radius 1 is 1.17 bits per heavy atom. The highest BCUT2D eigenvalue weighted by atomic mass is 35.5. The molecule has 0 spiro atoms. The van der Waals surface area contributed by atoms with Crippen molar-refractivity contribution in [1.82, 2.24) is 15.3 Å². The van der Waals surface area contributed by atoms with Gasteiger partial charge in [-0.25, -0.2) is 9.97 Å². The molecule has 1 aromatic carbocycles. The molecule has 0 aliphatic carbocycles. The van der Waals surface area contributed by atoms with Crippen LogP contribution in [0.2, 0.25) is 10.0 Å². The van der Waals surface area contributed by atoms with E-state index in [4.69, 9.17) is 23.2 Å². The van der Waals surface area contributed by atoms with Gasteiger partial charge in [-0.3, -0.25) is 0 Å². The van der Waals surface area contributed by atoms with Gasteiger partial charge in [0, 0.05) is 12.4 Å². The van der Waals surface area contributed by atoms with Gasteiger partial charge in [0.1, 0.15) is 5.82 Å². The van der Waals surface area contributed by atoms with Gasteiger partial charge in [-0.2, -0.15) is 0 Å². The minimum Gasteiger partial charge on any atom is -0.307 e. The molecule has 0 bridgehead atoms. The number of rotatable bonds is 3. The summed E-state index contributed by atoms with van der Waals surface area (Å²) in [7, 11) is 1.84. The number of nitrogens with one attached hydrogen (secondary N) is 1. The Morgan fingerprint density at radius 2 is 1.83 bits per heavy atom. The topological polar surface area (TPSA) is 37.8 Å². The number of halogens is 2. The van der Waals surface area contributed by atoms with E-state index in [9.17, 15) is 0 Å². The van der Waals surface area contributed by atoms with Crippen LogP contribution >= 0.6 is 23.2 Å². The molecule has 1 unspecified atom stereocenters. The Bertz CT molecular complexity index is 540. The smallest absolute Gasteiger partial charge is 0.149 e. The average Bonchev–Trinajstić information content (AvgIpc) is 2.37. The van der Waals surface area contributed by atoms with Gasteiger partial charge in [-0.05, 0) is 31.2 Å². The van der Waals surface area contributed by atoms with E-state index in [1.54, 1.807) is 18.5 Å². The molecule has 5 heteroatoms. The van der Waals surface area contributed by atoms with E-state index in [2.05, 4.69) is 15.3 Å². The van der Waals surface area contributed by atoms with Crippen LogP contribution in [0.1, 0.15) is 23.0 Å². The monoisotopic (exact) mass is 281 g/mol. The Kier molecular flexibility index (Phi) is 4.17. The van der Waals surface area contributed by atoms with Crippen molar-refractivity contribution in [2.45, 2.75) is 13.0 Å². The molecule has 18 heavy (non-hydrogen) atoms. The summed E-state index contributed by atoms with van der Waals surface area (Å²) in [5.74, 6) is 0.673. The molecule has 0 aliphatic heterocycles. The van der Waals surface area contributed by atoms with Crippen LogP contribution in [0.25, 0.3) is 0 Å². The Morgan fingerprint density at radius 3 is 2.44 bits per heavy atom. The normalized spacial score (nSPS) is 12.4. The van der Waals surface area contributed by atoms with Crippen LogP contribution in [-0.2, 0) is 0 Å². The molecule has 0 radical (unpaired) electrons. The van der Waals surface area contributed by atoms with Crippen LogP contribution in [0.15, 0.2) is 30.6 Å². The van der Waals surface area contributed by atoms with Crippen molar-refractivity contribution in [2.24, 2.45) is 0 Å². The second-order valence-corrected chi connectivity index (χ2v) is 4.77. The van der Waals surface area contributed by atoms with E-state index in [1.807, 2.05) is 26.1 Å². The molecule has 3 nitrogen and oxygen atoms in total. The minimum absolute atomic E-state index is 0.170. The molecule has 0 amide bonds. The SMILES string of the molecule is CNC(c1ncc(C)cn1)c1cccc(Cl)c1Cl. The van der Waals surface area contributed by atoms with Crippen molar-refractivity contribution in [3.8, 4) is 0 Å². The summed E-state index contributed by atoms with van der Waals surface area (Å²) in [5, 5.41) is 4.21. The Balaban J connectivity index is 2.45. The third kappa shape index (κ3) is 2.64. The van der Waals surface area contributed by atoms with E-state index < -0.39 is 0 Å². The molecule has 1 aromatic heterocycles. The van der Waals surface area contributed by atoms with Crippen LogP contribution in [-0.4, -0.2) is 17.0 Å². The molecule has 0 fully saturated rings. The maximum atomic E-state index is 6.22. The average molecular weight is 282 g/mol. The molecule has 2 aromatic rings. The summed E-state index contributed by atoms with van der Waals surface area (Å²) < 4.78 is 0. The number of benzene rings is 1. The lowest BCUT2D eigenvalue weighted by Gasteiger charge is -2.17. The van der Waals surface area contributed by atoms with Crippen molar-refractivity contribution >= 4 is 23.2 Å². The molecule has 1 N–H and O–H groups in total. The highest BCUT2D eigenvalue weighted by Crippen LogP contribution is 2.31. The molecular formula is C13H13Cl2N3. The first-order valence-corrected chi connectivity index (χ1v) is 6.28. The van der Waals surface area contributed by atoms with Gasteiger partial charge in [0.2, 0.25) is 0 Å². The van der Waals surface area contributed by atoms with Gasteiger partial charge in [0.25, 0.3) is 0 Å². The van der Waals surface area contributed by atoms with Crippen LogP contribution in [0.3, 0.4) is 0 Å². The Hall–Kier alpha value is -1.16. The van der Waals surface area contributed by atoms with Crippen LogP contribution < -0.4 is 5.32 Å². The summed E-state index contributed by atoms with van der Waals surface area (Å²) in [5.41, 5.74) is 1.89. The van der Waals surface area contributed by atoms with Crippen molar-refractivity contribution < 1.29 is 0 Å². The number of hydrogen-bond donors (Lipinski definition) is 1. The highest BCUT2D eigenvalue weighted by molar-refractivity contribution is 6.42. The lowest BCUT2D eigenvalue weighted by atomic mass is 10.1. The summed E-state index contributed by atoms with van der Waals surface area (Å²) in [6.07, 6.45) is 3.57. The lowest BCUT2D eigenvalue weighted by Crippen LogP contribution is -2.20. The van der Waals surface area contributed by atoms with Gasteiger partial charge in [0.05, 0.1) is 16.1 Å². The molecule has 94 valence electrons. The first-order valence-electron chi connectivity index (χ1n) is 5.53. The summed E-state index contributed by atoms with van der Waals surface area (Å²) in [4.78, 5) is 8.64. The van der Waals surface area contributed by atoms with Crippen LogP contribution in [0.4, 0.5) is 0 Å². The van der Waals surface area contributed by atoms with E-state index in [0.717, 1.165) is 11.1 Å². The van der Waals surface area contributed by atoms with Crippen LogP contribution in [0.5, 0.6) is 0 Å². The minimum atomic E-state index is -0.170. The second-order valence-electron chi connectivity index (χ2n) is 3.98. The fraction of sp³-hybridized carbons (Fsp3) is 0.231. The third-order valence-corrected chi connectivity index (χ3v) is 3.47. The molecule has 2 rings (SSSR count). The maximum absolute atomic E-state index is 6.22. The van der Waals surface area contributed by atoms with Gasteiger partial charge in [-0.15, -0.1) is 0 Å². The van der Waals surface area contributed by atoms with E-state index in [0.29, 0.717) is 15.9 Å². The fourth-order valence-corrected chi connectivity index (χ4v) is 2.14. The zero-order chi connectivity index (χ0) is 13.1. The van der Waals surface area contributed by atoms with Crippen molar-refractivity contribution in [1.29, 1.82) is 0 Å². The zero-order valence-corrected chi connectivity index (χ0v) is 11.6. The Labute approximate surface area is 116 Å². The van der Waals surface area contributed by atoms with Gasteiger partial charge in [0.15, 0.2) is 0 Å². The predicted octanol–water partition coefficient (Wildman–Crippen LogP) is 3.40.